The van der Waals surface area contributed by atoms with Crippen LogP contribution < -0.4 is 10.1 Å². The van der Waals surface area contributed by atoms with Crippen LogP contribution in [0.2, 0.25) is 5.02 Å². The molecule has 3 nitrogen and oxygen atoms in total. The van der Waals surface area contributed by atoms with Gasteiger partial charge in [-0.1, -0.05) is 17.7 Å². The van der Waals surface area contributed by atoms with Crippen molar-refractivity contribution in [2.45, 2.75) is 26.1 Å². The van der Waals surface area contributed by atoms with E-state index in [0.29, 0.717) is 17.3 Å². The van der Waals surface area contributed by atoms with Gasteiger partial charge in [-0.2, -0.15) is 0 Å². The smallest absolute Gasteiger partial charge is 0.161 e. The van der Waals surface area contributed by atoms with Crippen molar-refractivity contribution in [1.82, 2.24) is 0 Å². The highest BCUT2D eigenvalue weighted by atomic mass is 35.5. The number of halogens is 2. The summed E-state index contributed by atoms with van der Waals surface area (Å²) < 4.78 is 5.63. The highest BCUT2D eigenvalue weighted by Gasteiger charge is 2.11. The summed E-state index contributed by atoms with van der Waals surface area (Å²) in [7, 11) is 0. The van der Waals surface area contributed by atoms with Gasteiger partial charge in [-0.3, -0.25) is 0 Å². The molecule has 0 fully saturated rings. The van der Waals surface area contributed by atoms with Crippen LogP contribution in [0.5, 0.6) is 5.75 Å². The van der Waals surface area contributed by atoms with Crippen molar-refractivity contribution < 1.29 is 9.84 Å². The maximum atomic E-state index is 9.39. The molecule has 1 aromatic carbocycles. The third-order valence-corrected chi connectivity index (χ3v) is 2.68. The van der Waals surface area contributed by atoms with Crippen molar-refractivity contribution in [1.29, 1.82) is 0 Å². The number of aliphatic hydroxyl groups is 1. The number of nitrogens with one attached hydrogen (secondary N) is 1. The molecule has 0 aromatic heterocycles. The first-order valence-corrected chi connectivity index (χ1v) is 6.39. The zero-order valence-electron chi connectivity index (χ0n) is 9.91. The van der Waals surface area contributed by atoms with Crippen molar-refractivity contribution >= 4 is 28.9 Å². The third-order valence-electron chi connectivity index (χ3n) is 2.03. The van der Waals surface area contributed by atoms with E-state index in [1.54, 1.807) is 6.07 Å². The van der Waals surface area contributed by atoms with E-state index in [0.717, 1.165) is 5.69 Å². The molecule has 0 amide bonds. The summed E-state index contributed by atoms with van der Waals surface area (Å²) in [5, 5.41) is 13.0. The molecule has 1 rings (SSSR count). The largest absolute Gasteiger partial charge is 0.487 e. The standard InChI is InChI=1S/C12H17Cl2NO2/c1-8(2)17-12-10(14)4-3-5-11(12)15-7-9(16)6-13/h3-5,8-9,15-16H,6-7H2,1-2H3. The second-order valence-electron chi connectivity index (χ2n) is 3.97. The molecule has 96 valence electrons. The summed E-state index contributed by atoms with van der Waals surface area (Å²) in [6, 6.07) is 5.44. The molecule has 0 radical (unpaired) electrons. The summed E-state index contributed by atoms with van der Waals surface area (Å²) in [6.45, 7) is 4.22. The monoisotopic (exact) mass is 277 g/mol. The fourth-order valence-electron chi connectivity index (χ4n) is 1.29. The molecule has 0 aliphatic rings. The van der Waals surface area contributed by atoms with Gasteiger partial charge in [0.15, 0.2) is 5.75 Å². The molecule has 0 spiro atoms. The van der Waals surface area contributed by atoms with Crippen molar-refractivity contribution in [3.63, 3.8) is 0 Å². The normalized spacial score (nSPS) is 12.6. The topological polar surface area (TPSA) is 41.5 Å². The van der Waals surface area contributed by atoms with E-state index in [2.05, 4.69) is 5.32 Å². The summed E-state index contributed by atoms with van der Waals surface area (Å²) in [4.78, 5) is 0. The van der Waals surface area contributed by atoms with Crippen LogP contribution in [0.3, 0.4) is 0 Å². The predicted octanol–water partition coefficient (Wildman–Crippen LogP) is 3.14. The maximum Gasteiger partial charge on any atom is 0.161 e. The van der Waals surface area contributed by atoms with Crippen molar-refractivity contribution in [3.05, 3.63) is 23.2 Å². The zero-order valence-corrected chi connectivity index (χ0v) is 11.4. The summed E-state index contributed by atoms with van der Waals surface area (Å²) in [5.41, 5.74) is 0.760. The summed E-state index contributed by atoms with van der Waals surface area (Å²) in [5.74, 6) is 0.791. The Morgan fingerprint density at radius 3 is 2.71 bits per heavy atom. The number of hydrogen-bond acceptors (Lipinski definition) is 3. The van der Waals surface area contributed by atoms with Crippen LogP contribution in [0.25, 0.3) is 0 Å². The number of hydrogen-bond donors (Lipinski definition) is 2. The van der Waals surface area contributed by atoms with Gasteiger partial charge in [-0.15, -0.1) is 11.6 Å². The van der Waals surface area contributed by atoms with E-state index in [9.17, 15) is 5.11 Å². The molecule has 0 bridgehead atoms. The Balaban J connectivity index is 2.79. The molecule has 17 heavy (non-hydrogen) atoms. The van der Waals surface area contributed by atoms with Crippen molar-refractivity contribution in [2.24, 2.45) is 0 Å². The third kappa shape index (κ3) is 4.62. The highest BCUT2D eigenvalue weighted by Crippen LogP contribution is 2.33. The van der Waals surface area contributed by atoms with Gasteiger partial charge in [0.2, 0.25) is 0 Å². The molecule has 1 unspecified atom stereocenters. The second kappa shape index (κ2) is 6.94. The molecule has 2 N–H and O–H groups in total. The lowest BCUT2D eigenvalue weighted by atomic mass is 10.2. The number of benzene rings is 1. The minimum atomic E-state index is -0.595. The van der Waals surface area contributed by atoms with Gasteiger partial charge in [0, 0.05) is 6.54 Å². The Kier molecular flexibility index (Phi) is 5.89. The van der Waals surface area contributed by atoms with E-state index in [-0.39, 0.29) is 12.0 Å². The van der Waals surface area contributed by atoms with Crippen LogP contribution in [0.4, 0.5) is 5.69 Å². The first-order chi connectivity index (χ1) is 8.04. The lowest BCUT2D eigenvalue weighted by molar-refractivity contribution is 0.211. The number of anilines is 1. The lowest BCUT2D eigenvalue weighted by Crippen LogP contribution is -2.21. The average Bonchev–Trinajstić information content (AvgIpc) is 2.29. The van der Waals surface area contributed by atoms with Gasteiger partial charge in [-0.25, -0.2) is 0 Å². The van der Waals surface area contributed by atoms with Gasteiger partial charge in [0.05, 0.1) is 28.8 Å². The average molecular weight is 278 g/mol. The van der Waals surface area contributed by atoms with Gasteiger partial charge in [0.25, 0.3) is 0 Å². The van der Waals surface area contributed by atoms with E-state index in [4.69, 9.17) is 27.9 Å². The molecule has 0 saturated heterocycles. The van der Waals surface area contributed by atoms with Gasteiger partial charge in [-0.05, 0) is 26.0 Å². The first kappa shape index (κ1) is 14.4. The molecule has 0 aliphatic heterocycles. The van der Waals surface area contributed by atoms with E-state index in [1.165, 1.54) is 0 Å². The van der Waals surface area contributed by atoms with Crippen LogP contribution in [-0.2, 0) is 0 Å². The Hall–Kier alpha value is -0.640. The summed E-state index contributed by atoms with van der Waals surface area (Å²) >= 11 is 11.6. The SMILES string of the molecule is CC(C)Oc1c(Cl)cccc1NCC(O)CCl. The Bertz CT molecular complexity index is 358. The Morgan fingerprint density at radius 1 is 1.41 bits per heavy atom. The fourth-order valence-corrected chi connectivity index (χ4v) is 1.61. The zero-order chi connectivity index (χ0) is 12.8. The lowest BCUT2D eigenvalue weighted by Gasteiger charge is -2.17. The quantitative estimate of drug-likeness (QED) is 0.785. The Morgan fingerprint density at radius 2 is 2.12 bits per heavy atom. The van der Waals surface area contributed by atoms with Gasteiger partial charge < -0.3 is 15.2 Å². The number of para-hydroxylation sites is 1. The van der Waals surface area contributed by atoms with E-state index < -0.39 is 6.10 Å². The van der Waals surface area contributed by atoms with Crippen molar-refractivity contribution in [3.8, 4) is 5.75 Å². The van der Waals surface area contributed by atoms with Gasteiger partial charge in [0.1, 0.15) is 0 Å². The highest BCUT2D eigenvalue weighted by molar-refractivity contribution is 6.32. The molecule has 1 aromatic rings. The maximum absolute atomic E-state index is 9.39. The fraction of sp³-hybridized carbons (Fsp3) is 0.500. The molecule has 0 saturated carbocycles. The molecule has 0 aliphatic carbocycles. The molecular weight excluding hydrogens is 261 g/mol. The molecule has 5 heteroatoms. The molecule has 1 atom stereocenters. The number of aliphatic hydroxyl groups excluding tert-OH is 1. The predicted molar refractivity (Wildman–Crippen MR) is 72.4 cm³/mol. The molecule has 0 heterocycles. The number of alkyl halides is 1. The van der Waals surface area contributed by atoms with Gasteiger partial charge >= 0.3 is 0 Å². The molecular formula is C12H17Cl2NO2. The Labute approximate surface area is 112 Å². The van der Waals surface area contributed by atoms with Crippen molar-refractivity contribution in [2.75, 3.05) is 17.7 Å². The first-order valence-electron chi connectivity index (χ1n) is 5.47. The minimum Gasteiger partial charge on any atom is -0.487 e. The van der Waals surface area contributed by atoms with Crippen LogP contribution in [-0.4, -0.2) is 29.7 Å². The van der Waals surface area contributed by atoms with Crippen LogP contribution >= 0.6 is 23.2 Å². The minimum absolute atomic E-state index is 0.0356. The van der Waals surface area contributed by atoms with Crippen LogP contribution in [0, 0.1) is 0 Å². The number of ether oxygens (including phenoxy) is 1. The van der Waals surface area contributed by atoms with Crippen LogP contribution in [0.1, 0.15) is 13.8 Å². The van der Waals surface area contributed by atoms with E-state index in [1.807, 2.05) is 26.0 Å². The van der Waals surface area contributed by atoms with E-state index >= 15 is 0 Å². The van der Waals surface area contributed by atoms with Crippen LogP contribution in [0.15, 0.2) is 18.2 Å². The number of rotatable bonds is 6. The summed E-state index contributed by atoms with van der Waals surface area (Å²) in [6.07, 6.45) is -0.559. The second-order valence-corrected chi connectivity index (χ2v) is 4.69.